The Morgan fingerprint density at radius 2 is 2.18 bits per heavy atom. The molecule has 0 spiro atoms. The van der Waals surface area contributed by atoms with Crippen LogP contribution in [-0.2, 0) is 0 Å². The van der Waals surface area contributed by atoms with Gasteiger partial charge >= 0.3 is 0 Å². The Hall–Kier alpha value is -0.410. The van der Waals surface area contributed by atoms with Crippen molar-refractivity contribution < 1.29 is 4.39 Å². The topological polar surface area (TPSA) is 26.0 Å². The van der Waals surface area contributed by atoms with Crippen LogP contribution in [-0.4, -0.2) is 0 Å². The highest BCUT2D eigenvalue weighted by Gasteiger charge is 2.09. The molecule has 1 atom stereocenters. The van der Waals surface area contributed by atoms with E-state index in [2.05, 4.69) is 15.9 Å². The molecule has 0 saturated carbocycles. The highest BCUT2D eigenvalue weighted by Crippen LogP contribution is 2.24. The van der Waals surface area contributed by atoms with Crippen molar-refractivity contribution in [1.82, 2.24) is 0 Å². The monoisotopic (exact) mass is 217 g/mol. The van der Waals surface area contributed by atoms with Gasteiger partial charge in [0.05, 0.1) is 0 Å². The van der Waals surface area contributed by atoms with Gasteiger partial charge in [-0.25, -0.2) is 4.39 Å². The molecule has 0 aliphatic heterocycles. The van der Waals surface area contributed by atoms with Crippen molar-refractivity contribution in [2.75, 3.05) is 0 Å². The van der Waals surface area contributed by atoms with E-state index in [0.29, 0.717) is 5.56 Å². The lowest BCUT2D eigenvalue weighted by Crippen LogP contribution is -2.08. The molecule has 1 aromatic carbocycles. The number of hydrogen-bond donors (Lipinski definition) is 1. The molecule has 1 nitrogen and oxygen atoms in total. The summed E-state index contributed by atoms with van der Waals surface area (Å²) in [5.74, 6) is -0.255. The van der Waals surface area contributed by atoms with Gasteiger partial charge in [0.15, 0.2) is 0 Å². The maximum atomic E-state index is 13.0. The minimum Gasteiger partial charge on any atom is -0.324 e. The summed E-state index contributed by atoms with van der Waals surface area (Å²) in [5.41, 5.74) is 6.08. The highest BCUT2D eigenvalue weighted by atomic mass is 79.9. The maximum absolute atomic E-state index is 13.0. The van der Waals surface area contributed by atoms with E-state index in [9.17, 15) is 4.39 Å². The lowest BCUT2D eigenvalue weighted by atomic mass is 10.1. The minimum absolute atomic E-state index is 0.255. The standard InChI is InChI=1S/C8H9BrFN/c1-5(11)8-6(9)3-2-4-7(8)10/h2-5H,11H2,1H3. The lowest BCUT2D eigenvalue weighted by Gasteiger charge is -2.08. The quantitative estimate of drug-likeness (QED) is 0.770. The molecular weight excluding hydrogens is 209 g/mol. The zero-order chi connectivity index (χ0) is 8.43. The van der Waals surface area contributed by atoms with Crippen LogP contribution in [0.5, 0.6) is 0 Å². The molecule has 11 heavy (non-hydrogen) atoms. The summed E-state index contributed by atoms with van der Waals surface area (Å²) in [5, 5.41) is 0. The van der Waals surface area contributed by atoms with E-state index in [1.54, 1.807) is 19.1 Å². The molecule has 1 aromatic rings. The molecule has 0 radical (unpaired) electrons. The third kappa shape index (κ3) is 1.79. The molecule has 0 fully saturated rings. The van der Waals surface area contributed by atoms with E-state index in [1.165, 1.54) is 6.07 Å². The summed E-state index contributed by atoms with van der Waals surface area (Å²) in [4.78, 5) is 0. The second-order valence-corrected chi connectivity index (χ2v) is 3.28. The van der Waals surface area contributed by atoms with Gasteiger partial charge in [-0.05, 0) is 19.1 Å². The Bertz CT molecular complexity index is 240. The van der Waals surface area contributed by atoms with Crippen LogP contribution in [0.3, 0.4) is 0 Å². The zero-order valence-corrected chi connectivity index (χ0v) is 7.73. The third-order valence-electron chi connectivity index (χ3n) is 1.46. The predicted octanol–water partition coefficient (Wildman–Crippen LogP) is 2.61. The van der Waals surface area contributed by atoms with Gasteiger partial charge in [-0.2, -0.15) is 0 Å². The molecule has 0 aliphatic rings. The number of halogens is 2. The van der Waals surface area contributed by atoms with Crippen molar-refractivity contribution >= 4 is 15.9 Å². The fraction of sp³-hybridized carbons (Fsp3) is 0.250. The average Bonchev–Trinajstić information content (AvgIpc) is 1.85. The Balaban J connectivity index is 3.21. The van der Waals surface area contributed by atoms with Crippen LogP contribution in [0.25, 0.3) is 0 Å². The Labute approximate surface area is 73.5 Å². The van der Waals surface area contributed by atoms with Crippen molar-refractivity contribution in [2.24, 2.45) is 5.73 Å². The smallest absolute Gasteiger partial charge is 0.129 e. The van der Waals surface area contributed by atoms with E-state index >= 15 is 0 Å². The summed E-state index contributed by atoms with van der Waals surface area (Å²) in [6, 6.07) is 4.56. The second kappa shape index (κ2) is 3.32. The summed E-state index contributed by atoms with van der Waals surface area (Å²) in [7, 11) is 0. The van der Waals surface area contributed by atoms with Crippen LogP contribution in [0.4, 0.5) is 4.39 Å². The van der Waals surface area contributed by atoms with Crippen LogP contribution >= 0.6 is 15.9 Å². The fourth-order valence-electron chi connectivity index (χ4n) is 0.946. The number of nitrogens with two attached hydrogens (primary N) is 1. The summed E-state index contributed by atoms with van der Waals surface area (Å²) in [6.07, 6.45) is 0. The molecule has 2 N–H and O–H groups in total. The van der Waals surface area contributed by atoms with Crippen LogP contribution < -0.4 is 5.73 Å². The minimum atomic E-state index is -0.273. The maximum Gasteiger partial charge on any atom is 0.129 e. The van der Waals surface area contributed by atoms with Gasteiger partial charge in [0, 0.05) is 16.1 Å². The highest BCUT2D eigenvalue weighted by molar-refractivity contribution is 9.10. The number of hydrogen-bond acceptors (Lipinski definition) is 1. The normalized spacial score (nSPS) is 13.1. The molecule has 0 heterocycles. The first kappa shape index (κ1) is 8.68. The summed E-state index contributed by atoms with van der Waals surface area (Å²) < 4.78 is 13.7. The van der Waals surface area contributed by atoms with Gasteiger partial charge in [-0.3, -0.25) is 0 Å². The molecule has 0 aromatic heterocycles. The van der Waals surface area contributed by atoms with Gasteiger partial charge in [0.2, 0.25) is 0 Å². The van der Waals surface area contributed by atoms with E-state index in [0.717, 1.165) is 4.47 Å². The predicted molar refractivity (Wildman–Crippen MR) is 46.7 cm³/mol. The van der Waals surface area contributed by atoms with Gasteiger partial charge in [-0.1, -0.05) is 22.0 Å². The van der Waals surface area contributed by atoms with Gasteiger partial charge in [0.25, 0.3) is 0 Å². The lowest BCUT2D eigenvalue weighted by molar-refractivity contribution is 0.592. The summed E-state index contributed by atoms with van der Waals surface area (Å²) >= 11 is 3.23. The largest absolute Gasteiger partial charge is 0.324 e. The van der Waals surface area contributed by atoms with Gasteiger partial charge in [0.1, 0.15) is 5.82 Å². The van der Waals surface area contributed by atoms with Gasteiger partial charge < -0.3 is 5.73 Å². The molecule has 0 saturated heterocycles. The van der Waals surface area contributed by atoms with Crippen LogP contribution in [0.2, 0.25) is 0 Å². The third-order valence-corrected chi connectivity index (χ3v) is 2.15. The van der Waals surface area contributed by atoms with E-state index in [1.807, 2.05) is 0 Å². The SMILES string of the molecule is CC(N)c1c(F)cccc1Br. The zero-order valence-electron chi connectivity index (χ0n) is 6.14. The number of rotatable bonds is 1. The Morgan fingerprint density at radius 3 is 2.55 bits per heavy atom. The van der Waals surface area contributed by atoms with Crippen LogP contribution in [0, 0.1) is 5.82 Å². The van der Waals surface area contributed by atoms with Crippen molar-refractivity contribution in [3.63, 3.8) is 0 Å². The molecular formula is C8H9BrFN. The van der Waals surface area contributed by atoms with Crippen molar-refractivity contribution in [2.45, 2.75) is 13.0 Å². The van der Waals surface area contributed by atoms with Crippen molar-refractivity contribution in [3.05, 3.63) is 34.1 Å². The molecule has 0 bridgehead atoms. The summed E-state index contributed by atoms with van der Waals surface area (Å²) in [6.45, 7) is 1.75. The first-order chi connectivity index (χ1) is 5.13. The Morgan fingerprint density at radius 1 is 1.55 bits per heavy atom. The van der Waals surface area contributed by atoms with Crippen molar-refractivity contribution in [1.29, 1.82) is 0 Å². The average molecular weight is 218 g/mol. The van der Waals surface area contributed by atoms with Crippen LogP contribution in [0.1, 0.15) is 18.5 Å². The second-order valence-electron chi connectivity index (χ2n) is 2.42. The fourth-order valence-corrected chi connectivity index (χ4v) is 1.65. The van der Waals surface area contributed by atoms with Crippen molar-refractivity contribution in [3.8, 4) is 0 Å². The van der Waals surface area contributed by atoms with E-state index in [4.69, 9.17) is 5.73 Å². The van der Waals surface area contributed by atoms with Crippen LogP contribution in [0.15, 0.2) is 22.7 Å². The van der Waals surface area contributed by atoms with Gasteiger partial charge in [-0.15, -0.1) is 0 Å². The van der Waals surface area contributed by atoms with E-state index < -0.39 is 0 Å². The molecule has 0 aliphatic carbocycles. The molecule has 1 rings (SSSR count). The Kier molecular flexibility index (Phi) is 2.62. The molecule has 0 amide bonds. The molecule has 60 valence electrons. The first-order valence-electron chi connectivity index (χ1n) is 3.32. The molecule has 3 heteroatoms. The van der Waals surface area contributed by atoms with E-state index in [-0.39, 0.29) is 11.9 Å². The molecule has 1 unspecified atom stereocenters. The number of benzene rings is 1. The first-order valence-corrected chi connectivity index (χ1v) is 4.11.